The fraction of sp³-hybridized carbons (Fsp3) is 0.625. The van der Waals surface area contributed by atoms with Crippen LogP contribution in [0.5, 0.6) is 0 Å². The van der Waals surface area contributed by atoms with Crippen LogP contribution in [0.1, 0.15) is 49.4 Å². The van der Waals surface area contributed by atoms with Gasteiger partial charge in [-0.15, -0.1) is 0 Å². The third-order valence-corrected chi connectivity index (χ3v) is 3.97. The molecule has 0 unspecified atom stereocenters. The summed E-state index contributed by atoms with van der Waals surface area (Å²) in [6, 6.07) is 3.63. The third-order valence-electron chi connectivity index (χ3n) is 3.97. The molecule has 1 aromatic heterocycles. The van der Waals surface area contributed by atoms with Crippen molar-refractivity contribution in [3.63, 3.8) is 0 Å². The molecule has 2 rings (SSSR count). The van der Waals surface area contributed by atoms with E-state index in [9.17, 15) is 4.79 Å². The molecule has 1 aromatic rings. The van der Waals surface area contributed by atoms with Crippen molar-refractivity contribution in [3.05, 3.63) is 23.9 Å². The Bertz CT molecular complexity index is 441. The Hall–Kier alpha value is -1.58. The van der Waals surface area contributed by atoms with Crippen molar-refractivity contribution in [2.24, 2.45) is 5.92 Å². The van der Waals surface area contributed by atoms with Gasteiger partial charge in [0.25, 0.3) is 5.91 Å². The second-order valence-electron chi connectivity index (χ2n) is 5.65. The van der Waals surface area contributed by atoms with Gasteiger partial charge in [-0.25, -0.2) is 4.98 Å². The van der Waals surface area contributed by atoms with Crippen molar-refractivity contribution >= 4 is 11.7 Å². The van der Waals surface area contributed by atoms with Gasteiger partial charge in [0.05, 0.1) is 0 Å². The molecule has 4 nitrogen and oxygen atoms in total. The summed E-state index contributed by atoms with van der Waals surface area (Å²) >= 11 is 0. The first kappa shape index (κ1) is 14.8. The molecule has 1 heterocycles. The highest BCUT2D eigenvalue weighted by molar-refractivity contribution is 5.94. The molecule has 0 aliphatic heterocycles. The van der Waals surface area contributed by atoms with Gasteiger partial charge in [0.2, 0.25) is 0 Å². The molecule has 0 aromatic carbocycles. The van der Waals surface area contributed by atoms with E-state index < -0.39 is 0 Å². The van der Waals surface area contributed by atoms with E-state index in [0.717, 1.165) is 18.9 Å². The van der Waals surface area contributed by atoms with Crippen LogP contribution < -0.4 is 5.32 Å². The summed E-state index contributed by atoms with van der Waals surface area (Å²) in [4.78, 5) is 18.5. The van der Waals surface area contributed by atoms with Gasteiger partial charge in [0, 0.05) is 31.9 Å². The zero-order valence-corrected chi connectivity index (χ0v) is 12.6. The van der Waals surface area contributed by atoms with E-state index >= 15 is 0 Å². The molecule has 1 aliphatic rings. The SMILES string of the molecule is CCNc1cc(C(=O)N(C)CC2CCCCC2)ccn1. The number of aromatic nitrogens is 1. The van der Waals surface area contributed by atoms with Crippen LogP contribution in [0.25, 0.3) is 0 Å². The van der Waals surface area contributed by atoms with E-state index in [1.807, 2.05) is 24.9 Å². The predicted molar refractivity (Wildman–Crippen MR) is 81.9 cm³/mol. The number of amides is 1. The van der Waals surface area contributed by atoms with Crippen LogP contribution in [0.2, 0.25) is 0 Å². The molecule has 1 N–H and O–H groups in total. The number of nitrogens with zero attached hydrogens (tertiary/aromatic N) is 2. The van der Waals surface area contributed by atoms with Gasteiger partial charge in [-0.05, 0) is 37.8 Å². The van der Waals surface area contributed by atoms with Gasteiger partial charge in [-0.3, -0.25) is 4.79 Å². The summed E-state index contributed by atoms with van der Waals surface area (Å²) in [5, 5.41) is 3.14. The Labute approximate surface area is 121 Å². The number of hydrogen-bond donors (Lipinski definition) is 1. The summed E-state index contributed by atoms with van der Waals surface area (Å²) in [5.41, 5.74) is 0.717. The topological polar surface area (TPSA) is 45.2 Å². The molecule has 0 bridgehead atoms. The molecule has 0 spiro atoms. The van der Waals surface area contributed by atoms with Crippen molar-refractivity contribution in [2.45, 2.75) is 39.0 Å². The van der Waals surface area contributed by atoms with E-state index in [1.54, 1.807) is 12.3 Å². The number of nitrogens with one attached hydrogen (secondary N) is 1. The van der Waals surface area contributed by atoms with Crippen molar-refractivity contribution in [1.29, 1.82) is 0 Å². The lowest BCUT2D eigenvalue weighted by Gasteiger charge is -2.27. The normalized spacial score (nSPS) is 15.9. The Morgan fingerprint density at radius 3 is 2.85 bits per heavy atom. The molecular formula is C16H25N3O. The summed E-state index contributed by atoms with van der Waals surface area (Å²) in [6.07, 6.45) is 8.19. The molecule has 0 radical (unpaired) electrons. The van der Waals surface area contributed by atoms with E-state index in [4.69, 9.17) is 0 Å². The highest BCUT2D eigenvalue weighted by atomic mass is 16.2. The lowest BCUT2D eigenvalue weighted by atomic mass is 9.89. The first-order chi connectivity index (χ1) is 9.70. The van der Waals surface area contributed by atoms with Crippen LogP contribution in [0.3, 0.4) is 0 Å². The number of anilines is 1. The summed E-state index contributed by atoms with van der Waals surface area (Å²) in [6.45, 7) is 3.70. The van der Waals surface area contributed by atoms with E-state index in [2.05, 4.69) is 10.3 Å². The fourth-order valence-electron chi connectivity index (χ4n) is 2.90. The largest absolute Gasteiger partial charge is 0.370 e. The van der Waals surface area contributed by atoms with Gasteiger partial charge in [0.1, 0.15) is 5.82 Å². The zero-order chi connectivity index (χ0) is 14.4. The average Bonchev–Trinajstić information content (AvgIpc) is 2.48. The minimum Gasteiger partial charge on any atom is -0.370 e. The smallest absolute Gasteiger partial charge is 0.253 e. The standard InChI is InChI=1S/C16H25N3O/c1-3-17-15-11-14(9-10-18-15)16(20)19(2)12-13-7-5-4-6-8-13/h9-11,13H,3-8,12H2,1-2H3,(H,17,18). The minimum atomic E-state index is 0.0946. The van der Waals surface area contributed by atoms with Gasteiger partial charge < -0.3 is 10.2 Å². The molecule has 4 heteroatoms. The van der Waals surface area contributed by atoms with E-state index in [0.29, 0.717) is 11.5 Å². The summed E-state index contributed by atoms with van der Waals surface area (Å²) in [7, 11) is 1.91. The summed E-state index contributed by atoms with van der Waals surface area (Å²) < 4.78 is 0. The number of carbonyl (C=O) groups is 1. The van der Waals surface area contributed by atoms with Gasteiger partial charge >= 0.3 is 0 Å². The zero-order valence-electron chi connectivity index (χ0n) is 12.6. The number of pyridine rings is 1. The Balaban J connectivity index is 1.96. The van der Waals surface area contributed by atoms with Gasteiger partial charge in [0.15, 0.2) is 0 Å². The fourth-order valence-corrected chi connectivity index (χ4v) is 2.90. The van der Waals surface area contributed by atoms with Crippen LogP contribution >= 0.6 is 0 Å². The van der Waals surface area contributed by atoms with Gasteiger partial charge in [-0.1, -0.05) is 19.3 Å². The van der Waals surface area contributed by atoms with Crippen LogP contribution in [-0.4, -0.2) is 35.9 Å². The second kappa shape index (κ2) is 7.27. The Kier molecular flexibility index (Phi) is 5.39. The average molecular weight is 275 g/mol. The quantitative estimate of drug-likeness (QED) is 0.897. The maximum absolute atomic E-state index is 12.4. The van der Waals surface area contributed by atoms with Gasteiger partial charge in [-0.2, -0.15) is 0 Å². The van der Waals surface area contributed by atoms with Crippen molar-refractivity contribution in [1.82, 2.24) is 9.88 Å². The predicted octanol–water partition coefficient (Wildman–Crippen LogP) is 3.17. The molecule has 1 aliphatic carbocycles. The highest BCUT2D eigenvalue weighted by Crippen LogP contribution is 2.24. The van der Waals surface area contributed by atoms with Crippen LogP contribution in [-0.2, 0) is 0 Å². The lowest BCUT2D eigenvalue weighted by molar-refractivity contribution is 0.0760. The molecule has 1 saturated carbocycles. The minimum absolute atomic E-state index is 0.0946. The summed E-state index contributed by atoms with van der Waals surface area (Å²) in [5.74, 6) is 1.54. The second-order valence-corrected chi connectivity index (χ2v) is 5.65. The van der Waals surface area contributed by atoms with Crippen molar-refractivity contribution in [2.75, 3.05) is 25.5 Å². The maximum Gasteiger partial charge on any atom is 0.253 e. The highest BCUT2D eigenvalue weighted by Gasteiger charge is 2.19. The van der Waals surface area contributed by atoms with E-state index in [-0.39, 0.29) is 5.91 Å². The maximum atomic E-state index is 12.4. The van der Waals surface area contributed by atoms with Crippen molar-refractivity contribution in [3.8, 4) is 0 Å². The molecule has 110 valence electrons. The number of carbonyl (C=O) groups excluding carboxylic acids is 1. The van der Waals surface area contributed by atoms with Crippen LogP contribution in [0.15, 0.2) is 18.3 Å². The third kappa shape index (κ3) is 3.95. The first-order valence-electron chi connectivity index (χ1n) is 7.66. The number of rotatable bonds is 5. The molecular weight excluding hydrogens is 250 g/mol. The molecule has 0 saturated heterocycles. The molecule has 1 fully saturated rings. The lowest BCUT2D eigenvalue weighted by Crippen LogP contribution is -2.32. The van der Waals surface area contributed by atoms with Crippen LogP contribution in [0.4, 0.5) is 5.82 Å². The Morgan fingerprint density at radius 1 is 1.40 bits per heavy atom. The van der Waals surface area contributed by atoms with E-state index in [1.165, 1.54) is 32.1 Å². The molecule has 20 heavy (non-hydrogen) atoms. The molecule has 0 atom stereocenters. The monoisotopic (exact) mass is 275 g/mol. The molecule has 1 amide bonds. The number of hydrogen-bond acceptors (Lipinski definition) is 3. The first-order valence-corrected chi connectivity index (χ1v) is 7.66. The van der Waals surface area contributed by atoms with Crippen molar-refractivity contribution < 1.29 is 4.79 Å². The van der Waals surface area contributed by atoms with Crippen LogP contribution in [0, 0.1) is 5.92 Å². The Morgan fingerprint density at radius 2 is 2.15 bits per heavy atom.